The summed E-state index contributed by atoms with van der Waals surface area (Å²) in [6.07, 6.45) is 2.02. The molecule has 0 amide bonds. The van der Waals surface area contributed by atoms with Gasteiger partial charge in [-0.2, -0.15) is 0 Å². The topological polar surface area (TPSA) is 3.24 Å². The molecule has 0 N–H and O–H groups in total. The second-order valence-electron chi connectivity index (χ2n) is 12.7. The smallest absolute Gasteiger partial charge is 0.0462 e. The summed E-state index contributed by atoms with van der Waals surface area (Å²) in [5.74, 6) is 0. The summed E-state index contributed by atoms with van der Waals surface area (Å²) in [6, 6.07) is 58.3. The minimum Gasteiger partial charge on any atom is -0.311 e. The number of benzene rings is 7. The third kappa shape index (κ3) is 4.55. The van der Waals surface area contributed by atoms with E-state index in [1.54, 1.807) is 0 Å². The van der Waals surface area contributed by atoms with Crippen molar-refractivity contribution in [1.29, 1.82) is 0 Å². The molecule has 0 unspecified atom stereocenters. The van der Waals surface area contributed by atoms with Crippen LogP contribution in [0.2, 0.25) is 0 Å². The first-order valence-electron chi connectivity index (χ1n) is 16.2. The summed E-state index contributed by atoms with van der Waals surface area (Å²) in [7, 11) is 0. The first-order chi connectivity index (χ1) is 22.7. The number of nitrogens with zero attached hydrogens (tertiary/aromatic N) is 1. The number of aryl methyl sites for hydroxylation is 1. The van der Waals surface area contributed by atoms with Gasteiger partial charge in [0.25, 0.3) is 0 Å². The lowest BCUT2D eigenvalue weighted by atomic mass is 9.98. The molecular weight excluding hydrogens is 555 g/mol. The van der Waals surface area contributed by atoms with Crippen molar-refractivity contribution in [2.45, 2.75) is 19.8 Å². The minimum atomic E-state index is 1.01. The van der Waals surface area contributed by atoms with Crippen LogP contribution in [0.15, 0.2) is 158 Å². The maximum Gasteiger partial charge on any atom is 0.0462 e. The lowest BCUT2D eigenvalue weighted by Crippen LogP contribution is -2.09. The maximum atomic E-state index is 2.37. The highest BCUT2D eigenvalue weighted by atomic mass is 15.1. The molecule has 2 aliphatic rings. The molecule has 7 aromatic rings. The van der Waals surface area contributed by atoms with Crippen LogP contribution in [0.25, 0.3) is 44.5 Å². The van der Waals surface area contributed by atoms with Crippen molar-refractivity contribution in [3.63, 3.8) is 0 Å². The highest BCUT2D eigenvalue weighted by Crippen LogP contribution is 2.41. The van der Waals surface area contributed by atoms with Gasteiger partial charge in [0.2, 0.25) is 0 Å². The van der Waals surface area contributed by atoms with Gasteiger partial charge in [0.1, 0.15) is 0 Å². The molecule has 0 radical (unpaired) electrons. The average molecular weight is 588 g/mol. The lowest BCUT2D eigenvalue weighted by molar-refractivity contribution is 1.26. The van der Waals surface area contributed by atoms with E-state index in [0.717, 1.165) is 29.9 Å². The molecule has 0 spiro atoms. The summed E-state index contributed by atoms with van der Waals surface area (Å²) in [6.45, 7) is 2.14. The van der Waals surface area contributed by atoms with Crippen molar-refractivity contribution in [2.24, 2.45) is 0 Å². The van der Waals surface area contributed by atoms with Gasteiger partial charge in [0.15, 0.2) is 0 Å². The van der Waals surface area contributed by atoms with Gasteiger partial charge in [-0.15, -0.1) is 0 Å². The van der Waals surface area contributed by atoms with Crippen molar-refractivity contribution in [3.8, 4) is 44.5 Å². The first kappa shape index (κ1) is 26.7. The Morgan fingerprint density at radius 2 is 0.717 bits per heavy atom. The van der Waals surface area contributed by atoms with Crippen molar-refractivity contribution in [1.82, 2.24) is 0 Å². The zero-order valence-electron chi connectivity index (χ0n) is 25.9. The summed E-state index contributed by atoms with van der Waals surface area (Å²) >= 11 is 0. The molecule has 0 bridgehead atoms. The van der Waals surface area contributed by atoms with Gasteiger partial charge in [-0.3, -0.25) is 0 Å². The molecule has 7 aromatic carbocycles. The number of rotatable bonds is 5. The molecule has 9 rings (SSSR count). The number of fused-ring (bicyclic) bond motifs is 6. The summed E-state index contributed by atoms with van der Waals surface area (Å²) < 4.78 is 0. The quantitative estimate of drug-likeness (QED) is 0.194. The lowest BCUT2D eigenvalue weighted by Gasteiger charge is -2.26. The third-order valence-corrected chi connectivity index (χ3v) is 9.80. The van der Waals surface area contributed by atoms with E-state index >= 15 is 0 Å². The van der Waals surface area contributed by atoms with E-state index in [1.807, 2.05) is 0 Å². The highest BCUT2D eigenvalue weighted by molar-refractivity contribution is 5.84. The molecule has 0 saturated carbocycles. The van der Waals surface area contributed by atoms with Crippen LogP contribution in [-0.4, -0.2) is 0 Å². The zero-order valence-corrected chi connectivity index (χ0v) is 25.9. The second-order valence-corrected chi connectivity index (χ2v) is 12.7. The van der Waals surface area contributed by atoms with Gasteiger partial charge >= 0.3 is 0 Å². The van der Waals surface area contributed by atoms with E-state index < -0.39 is 0 Å². The van der Waals surface area contributed by atoms with Gasteiger partial charge in [0, 0.05) is 17.1 Å². The Balaban J connectivity index is 1.03. The van der Waals surface area contributed by atoms with Crippen LogP contribution in [0.3, 0.4) is 0 Å². The van der Waals surface area contributed by atoms with Crippen LogP contribution >= 0.6 is 0 Å². The van der Waals surface area contributed by atoms with Gasteiger partial charge < -0.3 is 4.90 Å². The van der Waals surface area contributed by atoms with E-state index in [1.165, 1.54) is 72.3 Å². The van der Waals surface area contributed by atoms with E-state index in [-0.39, 0.29) is 0 Å². The van der Waals surface area contributed by atoms with Crippen molar-refractivity contribution < 1.29 is 0 Å². The van der Waals surface area contributed by atoms with Crippen LogP contribution in [0.1, 0.15) is 27.8 Å². The van der Waals surface area contributed by atoms with Crippen molar-refractivity contribution >= 4 is 17.1 Å². The van der Waals surface area contributed by atoms with Crippen molar-refractivity contribution in [2.75, 3.05) is 4.90 Å². The van der Waals surface area contributed by atoms with Gasteiger partial charge in [-0.05, 0) is 123 Å². The fourth-order valence-corrected chi connectivity index (χ4v) is 7.40. The molecule has 0 atom stereocenters. The zero-order chi connectivity index (χ0) is 30.6. The van der Waals surface area contributed by atoms with Crippen LogP contribution < -0.4 is 4.90 Å². The molecule has 0 aliphatic heterocycles. The standard InChI is InChI=1S/C45H33N/c1-30-10-18-39(19-11-30)46(40-20-12-31(13-21-40)33-16-24-44-37(26-33)28-35-6-2-4-8-42(35)44)41-22-14-32(15-23-41)34-17-25-45-38(27-34)29-36-7-3-5-9-43(36)45/h2-27H,28-29H2,1H3. The van der Waals surface area contributed by atoms with Gasteiger partial charge in [0.05, 0.1) is 0 Å². The molecular formula is C45H33N. The first-order valence-corrected chi connectivity index (χ1v) is 16.2. The normalized spacial score (nSPS) is 12.3. The van der Waals surface area contributed by atoms with Gasteiger partial charge in [-0.1, -0.05) is 127 Å². The highest BCUT2D eigenvalue weighted by Gasteiger charge is 2.20. The molecule has 2 aliphatic carbocycles. The maximum absolute atomic E-state index is 2.37. The fraction of sp³-hybridized carbons (Fsp3) is 0.0667. The van der Waals surface area contributed by atoms with Gasteiger partial charge in [-0.25, -0.2) is 0 Å². The van der Waals surface area contributed by atoms with E-state index in [9.17, 15) is 0 Å². The van der Waals surface area contributed by atoms with Crippen LogP contribution in [0, 0.1) is 6.92 Å². The summed E-state index contributed by atoms with van der Waals surface area (Å²) in [5.41, 5.74) is 20.9. The van der Waals surface area contributed by atoms with Crippen molar-refractivity contribution in [3.05, 3.63) is 186 Å². The monoisotopic (exact) mass is 587 g/mol. The molecule has 46 heavy (non-hydrogen) atoms. The third-order valence-electron chi connectivity index (χ3n) is 9.80. The number of anilines is 3. The van der Waals surface area contributed by atoms with Crippen LogP contribution in [0.4, 0.5) is 17.1 Å². The predicted octanol–water partition coefficient (Wildman–Crippen LogP) is 11.9. The molecule has 218 valence electrons. The SMILES string of the molecule is Cc1ccc(N(c2ccc(-c3ccc4c(c3)Cc3ccccc3-4)cc2)c2ccc(-c3ccc4c(c3)Cc3ccccc3-4)cc2)cc1. The largest absolute Gasteiger partial charge is 0.311 e. The Morgan fingerprint density at radius 3 is 1.17 bits per heavy atom. The van der Waals surface area contributed by atoms with E-state index in [2.05, 4.69) is 170 Å². The minimum absolute atomic E-state index is 1.01. The average Bonchev–Trinajstić information content (AvgIpc) is 3.67. The molecule has 1 nitrogen and oxygen atoms in total. The van der Waals surface area contributed by atoms with Crippen LogP contribution in [-0.2, 0) is 12.8 Å². The summed E-state index contributed by atoms with van der Waals surface area (Å²) in [4.78, 5) is 2.35. The van der Waals surface area contributed by atoms with Crippen LogP contribution in [0.5, 0.6) is 0 Å². The molecule has 1 heteroatoms. The summed E-state index contributed by atoms with van der Waals surface area (Å²) in [5, 5.41) is 0. The Labute approximate surface area is 271 Å². The Bertz CT molecular complexity index is 2100. The Kier molecular flexibility index (Phi) is 6.24. The Hall–Kier alpha value is -5.66. The predicted molar refractivity (Wildman–Crippen MR) is 193 cm³/mol. The number of hydrogen-bond acceptors (Lipinski definition) is 1. The fourth-order valence-electron chi connectivity index (χ4n) is 7.40. The van der Waals surface area contributed by atoms with E-state index in [0.29, 0.717) is 0 Å². The second kappa shape index (κ2) is 10.8. The molecule has 0 heterocycles. The molecule has 0 aromatic heterocycles. The molecule has 0 fully saturated rings. The van der Waals surface area contributed by atoms with E-state index in [4.69, 9.17) is 0 Å². The Morgan fingerprint density at radius 1 is 0.348 bits per heavy atom. The number of hydrogen-bond donors (Lipinski definition) is 0. The molecule has 0 saturated heterocycles.